The zero-order valence-corrected chi connectivity index (χ0v) is 13.2. The van der Waals surface area contributed by atoms with Crippen LogP contribution in [-0.2, 0) is 11.3 Å². The van der Waals surface area contributed by atoms with Crippen molar-refractivity contribution in [1.29, 1.82) is 0 Å². The molecule has 1 aliphatic heterocycles. The first-order valence-corrected chi connectivity index (χ1v) is 7.56. The maximum absolute atomic E-state index is 11.4. The molecule has 0 saturated carbocycles. The summed E-state index contributed by atoms with van der Waals surface area (Å²) in [5.74, 6) is 1.62. The lowest BCUT2D eigenvalue weighted by Gasteiger charge is -2.15. The Labute approximate surface area is 134 Å². The first-order chi connectivity index (χ1) is 11.2. The Bertz CT molecular complexity index is 675. The average molecular weight is 317 g/mol. The number of anilines is 1. The number of methoxy groups -OCH3 is 1. The van der Waals surface area contributed by atoms with Crippen LogP contribution in [0.4, 0.5) is 5.82 Å². The first-order valence-electron chi connectivity index (χ1n) is 7.56. The van der Waals surface area contributed by atoms with E-state index < -0.39 is 5.97 Å². The second-order valence-corrected chi connectivity index (χ2v) is 5.40. The molecule has 1 fully saturated rings. The summed E-state index contributed by atoms with van der Waals surface area (Å²) in [6.45, 7) is 4.18. The molecule has 0 atom stereocenters. The molecule has 0 radical (unpaired) electrons. The van der Waals surface area contributed by atoms with Gasteiger partial charge in [-0.2, -0.15) is 0 Å². The highest BCUT2D eigenvalue weighted by Crippen LogP contribution is 2.27. The summed E-state index contributed by atoms with van der Waals surface area (Å²) < 4.78 is 15.7. The van der Waals surface area contributed by atoms with Gasteiger partial charge in [-0.3, -0.25) is 0 Å². The Hall–Kier alpha value is -2.57. The number of rotatable bonds is 5. The molecular formula is C16H19N3O4. The molecule has 2 aromatic heterocycles. The first kappa shape index (κ1) is 15.3. The fourth-order valence-corrected chi connectivity index (χ4v) is 2.57. The number of esters is 1. The van der Waals surface area contributed by atoms with Crippen LogP contribution in [0.1, 0.15) is 34.5 Å². The molecule has 0 N–H and O–H groups in total. The topological polar surface area (TPSA) is 77.7 Å². The molecule has 0 unspecified atom stereocenters. The normalized spacial score (nSPS) is 14.1. The van der Waals surface area contributed by atoms with Gasteiger partial charge in [0.15, 0.2) is 5.82 Å². The van der Waals surface area contributed by atoms with Crippen molar-refractivity contribution in [3.05, 3.63) is 35.2 Å². The molecule has 0 bridgehead atoms. The summed E-state index contributed by atoms with van der Waals surface area (Å²) in [4.78, 5) is 17.7. The van der Waals surface area contributed by atoms with Crippen molar-refractivity contribution in [1.82, 2.24) is 10.1 Å². The third-order valence-electron chi connectivity index (χ3n) is 3.89. The van der Waals surface area contributed by atoms with Gasteiger partial charge in [-0.05, 0) is 25.8 Å². The van der Waals surface area contributed by atoms with E-state index in [1.807, 2.05) is 6.92 Å². The summed E-state index contributed by atoms with van der Waals surface area (Å²) in [6, 6.07) is 3.26. The average Bonchev–Trinajstić information content (AvgIpc) is 3.22. The van der Waals surface area contributed by atoms with E-state index in [-0.39, 0.29) is 0 Å². The lowest BCUT2D eigenvalue weighted by Crippen LogP contribution is -2.20. The summed E-state index contributed by atoms with van der Waals surface area (Å²) in [6.07, 6.45) is 3.77. The highest BCUT2D eigenvalue weighted by atomic mass is 16.5. The molecule has 0 amide bonds. The van der Waals surface area contributed by atoms with Gasteiger partial charge in [0.2, 0.25) is 5.88 Å². The quantitative estimate of drug-likeness (QED) is 0.783. The van der Waals surface area contributed by atoms with Crippen LogP contribution in [0.3, 0.4) is 0 Å². The van der Waals surface area contributed by atoms with Crippen LogP contribution in [0.15, 0.2) is 22.9 Å². The van der Waals surface area contributed by atoms with Crippen molar-refractivity contribution in [3.8, 4) is 5.88 Å². The predicted octanol–water partition coefficient (Wildman–Crippen LogP) is 2.34. The van der Waals surface area contributed by atoms with Gasteiger partial charge < -0.3 is 18.9 Å². The minimum atomic E-state index is -0.421. The number of aryl methyl sites for hydroxylation is 1. The summed E-state index contributed by atoms with van der Waals surface area (Å²) in [5, 5.41) is 4.15. The van der Waals surface area contributed by atoms with Gasteiger partial charge >= 0.3 is 5.97 Å². The Morgan fingerprint density at radius 2 is 2.13 bits per heavy atom. The Morgan fingerprint density at radius 3 is 2.78 bits per heavy atom. The van der Waals surface area contributed by atoms with Crippen molar-refractivity contribution in [3.63, 3.8) is 0 Å². The highest BCUT2D eigenvalue weighted by Gasteiger charge is 2.22. The lowest BCUT2D eigenvalue weighted by atomic mass is 10.2. The Balaban J connectivity index is 1.68. The van der Waals surface area contributed by atoms with E-state index in [0.29, 0.717) is 18.1 Å². The number of nitrogens with zero attached hydrogens (tertiary/aromatic N) is 3. The smallest absolute Gasteiger partial charge is 0.339 e. The second-order valence-electron chi connectivity index (χ2n) is 5.40. The Kier molecular flexibility index (Phi) is 4.45. The number of pyridine rings is 1. The van der Waals surface area contributed by atoms with E-state index in [0.717, 1.165) is 30.2 Å². The van der Waals surface area contributed by atoms with E-state index >= 15 is 0 Å². The van der Waals surface area contributed by atoms with Gasteiger partial charge in [-0.25, -0.2) is 9.78 Å². The molecular weight excluding hydrogens is 298 g/mol. The summed E-state index contributed by atoms with van der Waals surface area (Å²) in [7, 11) is 1.33. The van der Waals surface area contributed by atoms with Crippen molar-refractivity contribution in [2.75, 3.05) is 25.1 Å². The van der Waals surface area contributed by atoms with E-state index in [1.165, 1.54) is 26.1 Å². The molecule has 0 aliphatic carbocycles. The zero-order valence-electron chi connectivity index (χ0n) is 13.2. The number of hydrogen-bond acceptors (Lipinski definition) is 7. The van der Waals surface area contributed by atoms with E-state index in [4.69, 9.17) is 9.26 Å². The van der Waals surface area contributed by atoms with Gasteiger partial charge in [0, 0.05) is 25.4 Å². The maximum atomic E-state index is 11.4. The van der Waals surface area contributed by atoms with Crippen molar-refractivity contribution >= 4 is 11.8 Å². The molecule has 0 spiro atoms. The number of hydrogen-bond donors (Lipinski definition) is 0. The van der Waals surface area contributed by atoms with Crippen molar-refractivity contribution in [2.45, 2.75) is 26.4 Å². The third kappa shape index (κ3) is 3.28. The number of carbonyl (C=O) groups excluding carboxylic acids is 1. The number of carbonyl (C=O) groups is 1. The SMILES string of the molecule is COC(=O)c1ccc(OCc2c(N3CCCC3)noc2C)nc1. The number of ether oxygens (including phenoxy) is 2. The standard InChI is InChI=1S/C16H19N3O4/c1-11-13(15(18-23-11)19-7-3-4-8-19)10-22-14-6-5-12(9-17-14)16(20)21-2/h5-6,9H,3-4,7-8,10H2,1-2H3. The summed E-state index contributed by atoms with van der Waals surface area (Å²) in [5.41, 5.74) is 1.32. The van der Waals surface area contributed by atoms with Gasteiger partial charge in [-0.15, -0.1) is 0 Å². The molecule has 23 heavy (non-hydrogen) atoms. The van der Waals surface area contributed by atoms with Gasteiger partial charge in [0.1, 0.15) is 12.4 Å². The molecule has 3 rings (SSSR count). The number of aromatic nitrogens is 2. The third-order valence-corrected chi connectivity index (χ3v) is 3.89. The van der Waals surface area contributed by atoms with Gasteiger partial charge in [0.25, 0.3) is 0 Å². The van der Waals surface area contributed by atoms with E-state index in [9.17, 15) is 4.79 Å². The monoisotopic (exact) mass is 317 g/mol. The van der Waals surface area contributed by atoms with Crippen LogP contribution in [0, 0.1) is 6.92 Å². The largest absolute Gasteiger partial charge is 0.473 e. The zero-order chi connectivity index (χ0) is 16.2. The van der Waals surface area contributed by atoms with Crippen LogP contribution < -0.4 is 9.64 Å². The second kappa shape index (κ2) is 6.68. The fourth-order valence-electron chi connectivity index (χ4n) is 2.57. The van der Waals surface area contributed by atoms with E-state index in [1.54, 1.807) is 12.1 Å². The van der Waals surface area contributed by atoms with Crippen molar-refractivity contribution < 1.29 is 18.8 Å². The minimum Gasteiger partial charge on any atom is -0.473 e. The molecule has 3 heterocycles. The minimum absolute atomic E-state index is 0.325. The van der Waals surface area contributed by atoms with Crippen LogP contribution in [-0.4, -0.2) is 36.3 Å². The van der Waals surface area contributed by atoms with E-state index in [2.05, 4.69) is 19.8 Å². The lowest BCUT2D eigenvalue weighted by molar-refractivity contribution is 0.0600. The molecule has 2 aromatic rings. The maximum Gasteiger partial charge on any atom is 0.339 e. The van der Waals surface area contributed by atoms with Gasteiger partial charge in [0.05, 0.1) is 18.2 Å². The van der Waals surface area contributed by atoms with Gasteiger partial charge in [-0.1, -0.05) is 5.16 Å². The molecule has 0 aromatic carbocycles. The molecule has 7 heteroatoms. The van der Waals surface area contributed by atoms with Crippen LogP contribution in [0.25, 0.3) is 0 Å². The summed E-state index contributed by atoms with van der Waals surface area (Å²) >= 11 is 0. The molecule has 1 aliphatic rings. The van der Waals surface area contributed by atoms with Crippen molar-refractivity contribution in [2.24, 2.45) is 0 Å². The molecule has 7 nitrogen and oxygen atoms in total. The van der Waals surface area contributed by atoms with Crippen LogP contribution >= 0.6 is 0 Å². The Morgan fingerprint density at radius 1 is 1.35 bits per heavy atom. The molecule has 122 valence electrons. The van der Waals surface area contributed by atoms with Crippen LogP contribution in [0.2, 0.25) is 0 Å². The van der Waals surface area contributed by atoms with Crippen LogP contribution in [0.5, 0.6) is 5.88 Å². The fraction of sp³-hybridized carbons (Fsp3) is 0.438. The molecule has 1 saturated heterocycles. The highest BCUT2D eigenvalue weighted by molar-refractivity contribution is 5.88. The predicted molar refractivity (Wildman–Crippen MR) is 82.6 cm³/mol.